The van der Waals surface area contributed by atoms with Crippen LogP contribution in [0, 0.1) is 5.92 Å². The van der Waals surface area contributed by atoms with Crippen molar-refractivity contribution in [3.05, 3.63) is 40.9 Å². The van der Waals surface area contributed by atoms with E-state index in [0.29, 0.717) is 0 Å². The number of fused-ring (bicyclic) bond motifs is 1. The first-order valence-electron chi connectivity index (χ1n) is 10.8. The van der Waals surface area contributed by atoms with Crippen LogP contribution in [-0.4, -0.2) is 59.9 Å². The molecular weight excluding hydrogens is 398 g/mol. The third-order valence-electron chi connectivity index (χ3n) is 6.17. The number of amides is 1. The minimum Gasteiger partial charge on any atom is -0.309 e. The van der Waals surface area contributed by atoms with Gasteiger partial charge in [-0.05, 0) is 75.6 Å². The summed E-state index contributed by atoms with van der Waals surface area (Å²) in [5.74, 6) is 2.05. The molecule has 1 fully saturated rings. The molecule has 0 aromatic carbocycles. The second kappa shape index (κ2) is 10.1. The Kier molecular flexibility index (Phi) is 7.27. The normalized spacial score (nSPS) is 23.1. The Morgan fingerprint density at radius 2 is 2.14 bits per heavy atom. The van der Waals surface area contributed by atoms with E-state index < -0.39 is 0 Å². The van der Waals surface area contributed by atoms with Crippen LogP contribution in [0.15, 0.2) is 50.1 Å². The molecule has 3 aliphatic rings. The molecule has 6 heteroatoms. The van der Waals surface area contributed by atoms with Crippen molar-refractivity contribution in [1.29, 1.82) is 0 Å². The maximum atomic E-state index is 12.4. The van der Waals surface area contributed by atoms with Gasteiger partial charge >= 0.3 is 0 Å². The van der Waals surface area contributed by atoms with E-state index in [4.69, 9.17) is 0 Å². The standard InChI is InChI=1S/C23H31N3OS2/c1-18-6-7-20-21(16-18)26(22(27)17-24-20)10-2-4-19-8-11-25(12-9-19)13-15-29-23-5-3-14-28-23/h3,5-6,14,16-17,19-20H,2,4,7-13,15H2,1H3. The smallest absolute Gasteiger partial charge is 0.268 e. The summed E-state index contributed by atoms with van der Waals surface area (Å²) in [4.78, 5) is 21.4. The quantitative estimate of drug-likeness (QED) is 0.554. The van der Waals surface area contributed by atoms with Crippen LogP contribution in [0.3, 0.4) is 0 Å². The maximum Gasteiger partial charge on any atom is 0.268 e. The molecule has 0 spiro atoms. The molecule has 2 aliphatic heterocycles. The summed E-state index contributed by atoms with van der Waals surface area (Å²) in [5.41, 5.74) is 2.35. The van der Waals surface area contributed by atoms with Crippen molar-refractivity contribution in [3.63, 3.8) is 0 Å². The van der Waals surface area contributed by atoms with Gasteiger partial charge < -0.3 is 9.80 Å². The summed E-state index contributed by atoms with van der Waals surface area (Å²) in [6, 6.07) is 4.49. The fraction of sp³-hybridized carbons (Fsp3) is 0.565. The van der Waals surface area contributed by atoms with Crippen LogP contribution in [-0.2, 0) is 4.79 Å². The predicted octanol–water partition coefficient (Wildman–Crippen LogP) is 4.85. The molecule has 0 radical (unpaired) electrons. The van der Waals surface area contributed by atoms with Crippen molar-refractivity contribution in [2.75, 3.05) is 31.9 Å². The van der Waals surface area contributed by atoms with Crippen molar-refractivity contribution >= 4 is 35.2 Å². The van der Waals surface area contributed by atoms with E-state index in [2.05, 4.69) is 46.5 Å². The van der Waals surface area contributed by atoms with Gasteiger partial charge in [0.15, 0.2) is 0 Å². The van der Waals surface area contributed by atoms with Crippen LogP contribution in [0.5, 0.6) is 0 Å². The van der Waals surface area contributed by atoms with Crippen molar-refractivity contribution < 1.29 is 4.79 Å². The zero-order valence-electron chi connectivity index (χ0n) is 17.3. The van der Waals surface area contributed by atoms with Gasteiger partial charge in [-0.2, -0.15) is 0 Å². The number of nitrogens with zero attached hydrogens (tertiary/aromatic N) is 3. The highest BCUT2D eigenvalue weighted by Crippen LogP contribution is 2.28. The molecule has 1 aliphatic carbocycles. The summed E-state index contributed by atoms with van der Waals surface area (Å²) in [6.07, 6.45) is 11.7. The number of likely N-dealkylation sites (tertiary alicyclic amines) is 1. The van der Waals surface area contributed by atoms with Gasteiger partial charge in [0.2, 0.25) is 0 Å². The molecule has 4 rings (SSSR count). The van der Waals surface area contributed by atoms with Crippen LogP contribution < -0.4 is 0 Å². The average molecular weight is 430 g/mol. The summed E-state index contributed by atoms with van der Waals surface area (Å²) in [6.45, 7) is 6.58. The molecule has 1 unspecified atom stereocenters. The molecule has 156 valence electrons. The Balaban J connectivity index is 1.16. The Bertz CT molecular complexity index is 776. The number of aliphatic imine (C=N–C) groups is 1. The predicted molar refractivity (Wildman–Crippen MR) is 124 cm³/mol. The minimum atomic E-state index is 0.0558. The second-order valence-electron chi connectivity index (χ2n) is 8.24. The van der Waals surface area contributed by atoms with Gasteiger partial charge in [0.1, 0.15) is 0 Å². The third kappa shape index (κ3) is 5.62. The second-order valence-corrected chi connectivity index (χ2v) is 10.6. The molecule has 1 saturated heterocycles. The highest BCUT2D eigenvalue weighted by atomic mass is 32.2. The summed E-state index contributed by atoms with van der Waals surface area (Å²) in [5, 5.41) is 2.15. The van der Waals surface area contributed by atoms with Crippen LogP contribution in [0.1, 0.15) is 39.0 Å². The van der Waals surface area contributed by atoms with Crippen molar-refractivity contribution in [1.82, 2.24) is 9.80 Å². The average Bonchev–Trinajstić information content (AvgIpc) is 3.24. The van der Waals surface area contributed by atoms with E-state index in [1.807, 2.05) is 28.0 Å². The number of carbonyl (C=O) groups excluding carboxylic acids is 1. The van der Waals surface area contributed by atoms with E-state index >= 15 is 0 Å². The molecule has 4 nitrogen and oxygen atoms in total. The molecule has 1 aromatic rings. The Labute approximate surface area is 182 Å². The number of thioether (sulfide) groups is 1. The molecule has 3 heterocycles. The van der Waals surface area contributed by atoms with Crippen molar-refractivity contribution in [2.24, 2.45) is 10.9 Å². The number of allylic oxidation sites excluding steroid dienone is 2. The molecule has 1 atom stereocenters. The highest BCUT2D eigenvalue weighted by molar-refractivity contribution is 8.01. The Morgan fingerprint density at radius 1 is 1.28 bits per heavy atom. The maximum absolute atomic E-state index is 12.4. The van der Waals surface area contributed by atoms with Crippen molar-refractivity contribution in [3.8, 4) is 0 Å². The van der Waals surface area contributed by atoms with E-state index in [0.717, 1.165) is 31.0 Å². The van der Waals surface area contributed by atoms with Gasteiger partial charge in [-0.1, -0.05) is 17.7 Å². The fourth-order valence-corrected chi connectivity index (χ4v) is 6.31. The zero-order valence-corrected chi connectivity index (χ0v) is 18.9. The monoisotopic (exact) mass is 429 g/mol. The Hall–Kier alpha value is -1.37. The lowest BCUT2D eigenvalue weighted by molar-refractivity contribution is -0.122. The van der Waals surface area contributed by atoms with Crippen LogP contribution in [0.2, 0.25) is 0 Å². The zero-order chi connectivity index (χ0) is 20.1. The molecule has 1 aromatic heterocycles. The molecular formula is C23H31N3OS2. The Morgan fingerprint density at radius 3 is 2.93 bits per heavy atom. The van der Waals surface area contributed by atoms with Crippen molar-refractivity contribution in [2.45, 2.75) is 49.3 Å². The summed E-state index contributed by atoms with van der Waals surface area (Å²) >= 11 is 3.82. The first kappa shape index (κ1) is 20.9. The van der Waals surface area contributed by atoms with E-state index in [9.17, 15) is 4.79 Å². The van der Waals surface area contributed by atoms with Gasteiger partial charge in [-0.25, -0.2) is 0 Å². The molecule has 0 bridgehead atoms. The lowest BCUT2D eigenvalue weighted by Gasteiger charge is -2.34. The number of hydrogen-bond donors (Lipinski definition) is 0. The van der Waals surface area contributed by atoms with E-state index in [1.54, 1.807) is 0 Å². The number of piperidine rings is 1. The topological polar surface area (TPSA) is 35.9 Å². The first-order chi connectivity index (χ1) is 14.2. The third-order valence-corrected chi connectivity index (χ3v) is 8.28. The van der Waals surface area contributed by atoms with Gasteiger partial charge in [0.05, 0.1) is 16.5 Å². The minimum absolute atomic E-state index is 0.0558. The summed E-state index contributed by atoms with van der Waals surface area (Å²) in [7, 11) is 0. The lowest BCUT2D eigenvalue weighted by Crippen LogP contribution is -2.41. The van der Waals surface area contributed by atoms with Gasteiger partial charge in [-0.3, -0.25) is 9.79 Å². The lowest BCUT2D eigenvalue weighted by atomic mass is 9.91. The van der Waals surface area contributed by atoms with Crippen LogP contribution in [0.25, 0.3) is 0 Å². The van der Waals surface area contributed by atoms with Crippen LogP contribution >= 0.6 is 23.1 Å². The first-order valence-corrected chi connectivity index (χ1v) is 12.7. The number of rotatable bonds is 8. The van der Waals surface area contributed by atoms with Gasteiger partial charge in [0.25, 0.3) is 5.91 Å². The largest absolute Gasteiger partial charge is 0.309 e. The van der Waals surface area contributed by atoms with Gasteiger partial charge in [-0.15, -0.1) is 23.1 Å². The molecule has 29 heavy (non-hydrogen) atoms. The SMILES string of the molecule is CC1=CCC2N=CC(=O)N(CCCC3CCN(CCSc4cccs4)CC3)C2=C1. The van der Waals surface area contributed by atoms with E-state index in [-0.39, 0.29) is 11.9 Å². The number of hydrogen-bond acceptors (Lipinski definition) is 5. The fourth-order valence-electron chi connectivity index (χ4n) is 4.45. The molecule has 0 N–H and O–H groups in total. The van der Waals surface area contributed by atoms with Crippen LogP contribution in [0.4, 0.5) is 0 Å². The number of carbonyl (C=O) groups is 1. The van der Waals surface area contributed by atoms with E-state index in [1.165, 1.54) is 60.6 Å². The summed E-state index contributed by atoms with van der Waals surface area (Å²) < 4.78 is 1.43. The van der Waals surface area contributed by atoms with Gasteiger partial charge in [0, 0.05) is 24.5 Å². The number of thiophene rings is 1. The molecule has 0 saturated carbocycles. The molecule has 1 amide bonds. The highest BCUT2D eigenvalue weighted by Gasteiger charge is 2.29.